The van der Waals surface area contributed by atoms with Gasteiger partial charge < -0.3 is 9.84 Å². The summed E-state index contributed by atoms with van der Waals surface area (Å²) in [6.07, 6.45) is 0. The van der Waals surface area contributed by atoms with Crippen molar-refractivity contribution in [3.63, 3.8) is 0 Å². The van der Waals surface area contributed by atoms with Gasteiger partial charge in [-0.15, -0.1) is 11.6 Å². The van der Waals surface area contributed by atoms with Crippen molar-refractivity contribution in [3.8, 4) is 33.7 Å². The van der Waals surface area contributed by atoms with E-state index >= 15 is 0 Å². The van der Waals surface area contributed by atoms with Gasteiger partial charge in [-0.2, -0.15) is 0 Å². The first kappa shape index (κ1) is 18.0. The van der Waals surface area contributed by atoms with Crippen molar-refractivity contribution in [2.45, 2.75) is 0 Å². The predicted molar refractivity (Wildman–Crippen MR) is 112 cm³/mol. The Morgan fingerprint density at radius 3 is 2.36 bits per heavy atom. The molecule has 4 rings (SSSR count). The molecule has 0 aliphatic heterocycles. The third kappa shape index (κ3) is 3.97. The molecule has 0 radical (unpaired) electrons. The van der Waals surface area contributed by atoms with Crippen molar-refractivity contribution in [3.05, 3.63) is 84.9 Å². The molecule has 0 spiro atoms. The fourth-order valence-corrected chi connectivity index (χ4v) is 3.05. The van der Waals surface area contributed by atoms with E-state index in [1.54, 1.807) is 6.07 Å². The third-order valence-corrected chi connectivity index (χ3v) is 4.57. The van der Waals surface area contributed by atoms with Gasteiger partial charge in [0.2, 0.25) is 5.91 Å². The maximum absolute atomic E-state index is 11.5. The highest BCUT2D eigenvalue weighted by Gasteiger charge is 2.11. The fourth-order valence-electron chi connectivity index (χ4n) is 2.98. The Bertz CT molecular complexity index is 1110. The van der Waals surface area contributed by atoms with Gasteiger partial charge in [-0.05, 0) is 29.3 Å². The van der Waals surface area contributed by atoms with Gasteiger partial charge in [-0.3, -0.25) is 4.79 Å². The van der Waals surface area contributed by atoms with E-state index < -0.39 is 0 Å². The highest BCUT2D eigenvalue weighted by Crippen LogP contribution is 2.30. The SMILES string of the molecule is O=C(CCl)Nc1cccc(-c2cc(-c3cccc(-c4ccccc4)c3)no2)c1. The molecule has 4 nitrogen and oxygen atoms in total. The van der Waals surface area contributed by atoms with Crippen molar-refractivity contribution in [2.75, 3.05) is 11.2 Å². The lowest BCUT2D eigenvalue weighted by Gasteiger charge is -2.04. The molecule has 0 saturated heterocycles. The second-order valence-corrected chi connectivity index (χ2v) is 6.55. The van der Waals surface area contributed by atoms with Crippen LogP contribution in [0.25, 0.3) is 33.7 Å². The molecule has 0 saturated carbocycles. The molecule has 1 heterocycles. The monoisotopic (exact) mass is 388 g/mol. The molecule has 5 heteroatoms. The van der Waals surface area contributed by atoms with E-state index in [0.29, 0.717) is 11.4 Å². The Morgan fingerprint density at radius 2 is 1.54 bits per heavy atom. The number of nitrogens with zero attached hydrogens (tertiary/aromatic N) is 1. The Labute approximate surface area is 167 Å². The number of carbonyl (C=O) groups excluding carboxylic acids is 1. The van der Waals surface area contributed by atoms with Gasteiger partial charge in [0, 0.05) is 22.9 Å². The molecule has 1 amide bonds. The van der Waals surface area contributed by atoms with Crippen molar-refractivity contribution >= 4 is 23.2 Å². The first-order valence-corrected chi connectivity index (χ1v) is 9.35. The van der Waals surface area contributed by atoms with E-state index in [1.165, 1.54) is 0 Å². The van der Waals surface area contributed by atoms with Gasteiger partial charge in [-0.25, -0.2) is 0 Å². The summed E-state index contributed by atoms with van der Waals surface area (Å²) in [7, 11) is 0. The quantitative estimate of drug-likeness (QED) is 0.436. The van der Waals surface area contributed by atoms with E-state index in [1.807, 2.05) is 54.6 Å². The summed E-state index contributed by atoms with van der Waals surface area (Å²) in [5.74, 6) is 0.283. The number of hydrogen-bond acceptors (Lipinski definition) is 3. The van der Waals surface area contributed by atoms with Crippen LogP contribution in [-0.4, -0.2) is 16.9 Å². The first-order chi connectivity index (χ1) is 13.7. The third-order valence-electron chi connectivity index (χ3n) is 4.33. The molecular formula is C23H17ClN2O2. The summed E-state index contributed by atoms with van der Waals surface area (Å²) in [5.41, 5.74) is 5.48. The van der Waals surface area contributed by atoms with E-state index in [0.717, 1.165) is 27.9 Å². The zero-order chi connectivity index (χ0) is 19.3. The Balaban J connectivity index is 1.62. The summed E-state index contributed by atoms with van der Waals surface area (Å²) in [6, 6.07) is 27.6. The summed E-state index contributed by atoms with van der Waals surface area (Å²) in [4.78, 5) is 11.5. The summed E-state index contributed by atoms with van der Waals surface area (Å²) < 4.78 is 5.55. The lowest BCUT2D eigenvalue weighted by molar-refractivity contribution is -0.113. The van der Waals surface area contributed by atoms with Crippen LogP contribution in [-0.2, 0) is 4.79 Å². The number of anilines is 1. The summed E-state index contributed by atoms with van der Waals surface area (Å²) in [5, 5.41) is 6.95. The zero-order valence-electron chi connectivity index (χ0n) is 14.9. The fraction of sp³-hybridized carbons (Fsp3) is 0.0435. The van der Waals surface area contributed by atoms with Crippen molar-refractivity contribution in [1.29, 1.82) is 0 Å². The molecule has 28 heavy (non-hydrogen) atoms. The molecule has 138 valence electrons. The van der Waals surface area contributed by atoms with Gasteiger partial charge >= 0.3 is 0 Å². The summed E-state index contributed by atoms with van der Waals surface area (Å²) in [6.45, 7) is 0. The van der Waals surface area contributed by atoms with Crippen LogP contribution in [0.2, 0.25) is 0 Å². The van der Waals surface area contributed by atoms with Crippen LogP contribution in [0.3, 0.4) is 0 Å². The highest BCUT2D eigenvalue weighted by molar-refractivity contribution is 6.29. The van der Waals surface area contributed by atoms with Crippen LogP contribution in [0.1, 0.15) is 0 Å². The zero-order valence-corrected chi connectivity index (χ0v) is 15.7. The molecular weight excluding hydrogens is 372 g/mol. The minimum Gasteiger partial charge on any atom is -0.356 e. The van der Waals surface area contributed by atoms with Crippen molar-refractivity contribution in [1.82, 2.24) is 5.16 Å². The van der Waals surface area contributed by atoms with Gasteiger partial charge in [-0.1, -0.05) is 65.8 Å². The number of hydrogen-bond donors (Lipinski definition) is 1. The summed E-state index contributed by atoms with van der Waals surface area (Å²) >= 11 is 5.55. The average Bonchev–Trinajstić information content (AvgIpc) is 3.25. The van der Waals surface area contributed by atoms with Crippen LogP contribution < -0.4 is 5.32 Å². The number of alkyl halides is 1. The molecule has 1 N–H and O–H groups in total. The highest BCUT2D eigenvalue weighted by atomic mass is 35.5. The lowest BCUT2D eigenvalue weighted by atomic mass is 10.0. The van der Waals surface area contributed by atoms with Gasteiger partial charge in [0.25, 0.3) is 0 Å². The van der Waals surface area contributed by atoms with Crippen LogP contribution in [0, 0.1) is 0 Å². The number of rotatable bonds is 5. The molecule has 0 aliphatic rings. The molecule has 0 bridgehead atoms. The number of carbonyl (C=O) groups is 1. The lowest BCUT2D eigenvalue weighted by Crippen LogP contribution is -2.12. The smallest absolute Gasteiger partial charge is 0.239 e. The second-order valence-electron chi connectivity index (χ2n) is 6.29. The van der Waals surface area contributed by atoms with E-state index in [2.05, 4.69) is 34.7 Å². The molecule has 0 fully saturated rings. The standard InChI is InChI=1S/C23H17ClN2O2/c24-15-23(27)25-20-11-5-10-19(13-20)22-14-21(26-28-22)18-9-4-8-17(12-18)16-6-2-1-3-7-16/h1-14H,15H2,(H,25,27). The topological polar surface area (TPSA) is 55.1 Å². The molecule has 4 aromatic rings. The van der Waals surface area contributed by atoms with E-state index in [-0.39, 0.29) is 11.8 Å². The number of aromatic nitrogens is 1. The second kappa shape index (κ2) is 8.11. The number of nitrogens with one attached hydrogen (secondary N) is 1. The minimum absolute atomic E-state index is 0.0889. The minimum atomic E-state index is -0.255. The maximum atomic E-state index is 11.5. The van der Waals surface area contributed by atoms with Crippen molar-refractivity contribution in [2.24, 2.45) is 0 Å². The van der Waals surface area contributed by atoms with Crippen LogP contribution in [0.4, 0.5) is 5.69 Å². The average molecular weight is 389 g/mol. The van der Waals surface area contributed by atoms with Crippen LogP contribution >= 0.6 is 11.6 Å². The molecule has 0 atom stereocenters. The normalized spacial score (nSPS) is 10.6. The predicted octanol–water partition coefficient (Wildman–Crippen LogP) is 5.85. The van der Waals surface area contributed by atoms with Gasteiger partial charge in [0.1, 0.15) is 11.6 Å². The Morgan fingerprint density at radius 1 is 0.821 bits per heavy atom. The first-order valence-electron chi connectivity index (χ1n) is 8.82. The largest absolute Gasteiger partial charge is 0.356 e. The molecule has 1 aromatic heterocycles. The van der Waals surface area contributed by atoms with Crippen molar-refractivity contribution < 1.29 is 9.32 Å². The molecule has 0 unspecified atom stereocenters. The van der Waals surface area contributed by atoms with Gasteiger partial charge in [0.05, 0.1) is 0 Å². The number of amides is 1. The number of halogens is 1. The van der Waals surface area contributed by atoms with Gasteiger partial charge in [0.15, 0.2) is 5.76 Å². The Kier molecular flexibility index (Phi) is 5.22. The van der Waals surface area contributed by atoms with Crippen LogP contribution in [0.15, 0.2) is 89.5 Å². The van der Waals surface area contributed by atoms with Crippen LogP contribution in [0.5, 0.6) is 0 Å². The molecule has 3 aromatic carbocycles. The van der Waals surface area contributed by atoms with E-state index in [4.69, 9.17) is 16.1 Å². The molecule has 0 aliphatic carbocycles. The maximum Gasteiger partial charge on any atom is 0.239 e. The Hall–Kier alpha value is -3.37. The van der Waals surface area contributed by atoms with E-state index in [9.17, 15) is 4.79 Å². The number of benzene rings is 3.